The van der Waals surface area contributed by atoms with E-state index in [9.17, 15) is 0 Å². The number of benzene rings is 2. The molecule has 0 aliphatic carbocycles. The minimum atomic E-state index is 0.704. The number of nitrogens with one attached hydrogen (secondary N) is 1. The van der Waals surface area contributed by atoms with Gasteiger partial charge in [-0.05, 0) is 36.2 Å². The molecule has 0 radical (unpaired) electrons. The molecule has 1 N–H and O–H groups in total. The highest BCUT2D eigenvalue weighted by Crippen LogP contribution is 2.15. The molecule has 0 heterocycles. The fourth-order valence-corrected chi connectivity index (χ4v) is 2.13. The average molecular weight is 295 g/mol. The summed E-state index contributed by atoms with van der Waals surface area (Å²) >= 11 is 0. The van der Waals surface area contributed by atoms with Gasteiger partial charge in [-0.25, -0.2) is 0 Å². The first kappa shape index (κ1) is 16.3. The first-order valence-electron chi connectivity index (χ1n) is 8.05. The van der Waals surface area contributed by atoms with E-state index in [1.54, 1.807) is 0 Å². The molecular formula is C20H25NO. The molecule has 2 nitrogen and oxygen atoms in total. The maximum absolute atomic E-state index is 5.78. The van der Waals surface area contributed by atoms with Gasteiger partial charge in [0, 0.05) is 6.54 Å². The summed E-state index contributed by atoms with van der Waals surface area (Å²) in [5.41, 5.74) is 2.36. The highest BCUT2D eigenvalue weighted by Gasteiger charge is 1.95. The Labute approximate surface area is 133 Å². The van der Waals surface area contributed by atoms with Crippen LogP contribution < -0.4 is 10.1 Å². The quantitative estimate of drug-likeness (QED) is 0.538. The number of rotatable bonds is 9. The van der Waals surface area contributed by atoms with Crippen molar-refractivity contribution in [3.05, 3.63) is 65.7 Å². The van der Waals surface area contributed by atoms with Gasteiger partial charge in [0.2, 0.25) is 0 Å². The second-order valence-electron chi connectivity index (χ2n) is 5.27. The molecule has 0 spiro atoms. The van der Waals surface area contributed by atoms with Crippen molar-refractivity contribution in [2.75, 3.05) is 19.7 Å². The van der Waals surface area contributed by atoms with Crippen LogP contribution in [0.1, 0.15) is 30.9 Å². The van der Waals surface area contributed by atoms with Crippen LogP contribution in [-0.4, -0.2) is 19.7 Å². The molecule has 2 rings (SSSR count). The maximum Gasteiger partial charge on any atom is 0.119 e. The summed E-state index contributed by atoms with van der Waals surface area (Å²) in [6, 6.07) is 18.5. The van der Waals surface area contributed by atoms with Gasteiger partial charge in [-0.15, -0.1) is 0 Å². The number of hydrogen-bond donors (Lipinski definition) is 1. The largest absolute Gasteiger partial charge is 0.492 e. The van der Waals surface area contributed by atoms with Gasteiger partial charge in [0.05, 0.1) is 0 Å². The van der Waals surface area contributed by atoms with Crippen LogP contribution in [0.5, 0.6) is 5.75 Å². The van der Waals surface area contributed by atoms with Crippen molar-refractivity contribution < 1.29 is 4.74 Å². The van der Waals surface area contributed by atoms with E-state index in [2.05, 4.69) is 48.7 Å². The van der Waals surface area contributed by atoms with Gasteiger partial charge in [0.15, 0.2) is 0 Å². The molecule has 0 fully saturated rings. The van der Waals surface area contributed by atoms with Gasteiger partial charge in [-0.2, -0.15) is 0 Å². The van der Waals surface area contributed by atoms with E-state index in [1.807, 2.05) is 30.3 Å². The Morgan fingerprint density at radius 3 is 2.50 bits per heavy atom. The Hall–Kier alpha value is -2.06. The number of unbranched alkanes of at least 4 members (excludes halogenated alkanes) is 1. The van der Waals surface area contributed by atoms with Crippen molar-refractivity contribution in [2.45, 2.75) is 19.8 Å². The van der Waals surface area contributed by atoms with E-state index in [0.29, 0.717) is 6.61 Å². The zero-order valence-electron chi connectivity index (χ0n) is 13.3. The molecule has 0 aliphatic rings. The summed E-state index contributed by atoms with van der Waals surface area (Å²) in [4.78, 5) is 0. The summed E-state index contributed by atoms with van der Waals surface area (Å²) in [5.74, 6) is 0.924. The average Bonchev–Trinajstić information content (AvgIpc) is 2.57. The summed E-state index contributed by atoms with van der Waals surface area (Å²) in [5, 5.41) is 3.38. The van der Waals surface area contributed by atoms with Crippen molar-refractivity contribution in [3.63, 3.8) is 0 Å². The number of hydrogen-bond acceptors (Lipinski definition) is 2. The predicted molar refractivity (Wildman–Crippen MR) is 95.1 cm³/mol. The molecule has 116 valence electrons. The zero-order valence-corrected chi connectivity index (χ0v) is 13.3. The van der Waals surface area contributed by atoms with Crippen LogP contribution in [0.15, 0.2) is 54.6 Å². The van der Waals surface area contributed by atoms with E-state index in [4.69, 9.17) is 4.74 Å². The molecule has 0 bridgehead atoms. The number of ether oxygens (including phenoxy) is 1. The third kappa shape index (κ3) is 6.15. The molecule has 2 heteroatoms. The molecule has 0 unspecified atom stereocenters. The van der Waals surface area contributed by atoms with Gasteiger partial charge < -0.3 is 10.1 Å². The lowest BCUT2D eigenvalue weighted by molar-refractivity contribution is 0.314. The highest BCUT2D eigenvalue weighted by atomic mass is 16.5. The molecule has 0 saturated heterocycles. The Balaban J connectivity index is 1.81. The van der Waals surface area contributed by atoms with Crippen LogP contribution in [0.4, 0.5) is 0 Å². The van der Waals surface area contributed by atoms with E-state index in [0.717, 1.165) is 24.4 Å². The van der Waals surface area contributed by atoms with Gasteiger partial charge in [-0.1, -0.05) is 68.0 Å². The lowest BCUT2D eigenvalue weighted by Gasteiger charge is -2.07. The van der Waals surface area contributed by atoms with E-state index in [1.165, 1.54) is 18.4 Å². The Morgan fingerprint density at radius 1 is 0.909 bits per heavy atom. The lowest BCUT2D eigenvalue weighted by atomic mass is 10.1. The first-order chi connectivity index (χ1) is 10.9. The van der Waals surface area contributed by atoms with Gasteiger partial charge in [0.1, 0.15) is 12.4 Å². The molecule has 2 aromatic carbocycles. The van der Waals surface area contributed by atoms with Crippen LogP contribution in [0.3, 0.4) is 0 Å². The fourth-order valence-electron chi connectivity index (χ4n) is 2.13. The standard InChI is InChI=1S/C20H25NO/c1-2-3-14-21-15-16-22-20-11-7-10-19(17-20)13-12-18-8-5-4-6-9-18/h4-13,17,21H,2-3,14-16H2,1H3. The van der Waals surface area contributed by atoms with E-state index < -0.39 is 0 Å². The normalized spacial score (nSPS) is 11.0. The second-order valence-corrected chi connectivity index (χ2v) is 5.27. The van der Waals surface area contributed by atoms with Crippen molar-refractivity contribution >= 4 is 12.2 Å². The van der Waals surface area contributed by atoms with Crippen LogP contribution in [0, 0.1) is 0 Å². The monoisotopic (exact) mass is 295 g/mol. The Bertz CT molecular complexity index is 563. The molecule has 22 heavy (non-hydrogen) atoms. The van der Waals surface area contributed by atoms with Crippen molar-refractivity contribution in [1.29, 1.82) is 0 Å². The van der Waals surface area contributed by atoms with Crippen molar-refractivity contribution in [3.8, 4) is 5.75 Å². The second kappa shape index (κ2) is 9.80. The molecule has 2 aromatic rings. The van der Waals surface area contributed by atoms with Gasteiger partial charge in [0.25, 0.3) is 0 Å². The molecular weight excluding hydrogens is 270 g/mol. The smallest absolute Gasteiger partial charge is 0.119 e. The van der Waals surface area contributed by atoms with E-state index >= 15 is 0 Å². The zero-order chi connectivity index (χ0) is 15.5. The summed E-state index contributed by atoms with van der Waals surface area (Å²) < 4.78 is 5.78. The topological polar surface area (TPSA) is 21.3 Å². The molecule has 0 saturated carbocycles. The van der Waals surface area contributed by atoms with Crippen molar-refractivity contribution in [2.24, 2.45) is 0 Å². The Kier molecular flexibility index (Phi) is 7.27. The summed E-state index contributed by atoms with van der Waals surface area (Å²) in [7, 11) is 0. The van der Waals surface area contributed by atoms with Crippen LogP contribution in [0.25, 0.3) is 12.2 Å². The molecule has 0 aromatic heterocycles. The predicted octanol–water partition coefficient (Wildman–Crippen LogP) is 4.63. The fraction of sp³-hybridized carbons (Fsp3) is 0.300. The van der Waals surface area contributed by atoms with Crippen LogP contribution >= 0.6 is 0 Å². The molecule has 0 atom stereocenters. The molecule has 0 aliphatic heterocycles. The SMILES string of the molecule is CCCCNCCOc1cccc(C=Cc2ccccc2)c1. The Morgan fingerprint density at radius 2 is 1.68 bits per heavy atom. The van der Waals surface area contributed by atoms with E-state index in [-0.39, 0.29) is 0 Å². The molecule has 0 amide bonds. The van der Waals surface area contributed by atoms with Gasteiger partial charge in [-0.3, -0.25) is 0 Å². The van der Waals surface area contributed by atoms with Crippen LogP contribution in [-0.2, 0) is 0 Å². The lowest BCUT2D eigenvalue weighted by Crippen LogP contribution is -2.21. The third-order valence-corrected chi connectivity index (χ3v) is 3.38. The summed E-state index contributed by atoms with van der Waals surface area (Å²) in [6.07, 6.45) is 6.68. The minimum Gasteiger partial charge on any atom is -0.492 e. The summed E-state index contributed by atoms with van der Waals surface area (Å²) in [6.45, 7) is 4.87. The van der Waals surface area contributed by atoms with Crippen molar-refractivity contribution in [1.82, 2.24) is 5.32 Å². The first-order valence-corrected chi connectivity index (χ1v) is 8.05. The highest BCUT2D eigenvalue weighted by molar-refractivity contribution is 5.70. The minimum absolute atomic E-state index is 0.704. The van der Waals surface area contributed by atoms with Crippen LogP contribution in [0.2, 0.25) is 0 Å². The third-order valence-electron chi connectivity index (χ3n) is 3.38. The van der Waals surface area contributed by atoms with Gasteiger partial charge >= 0.3 is 0 Å². The maximum atomic E-state index is 5.78.